The molecule has 0 radical (unpaired) electrons. The fraction of sp³-hybridized carbons (Fsp3) is 0.125. The quantitative estimate of drug-likeness (QED) is 0.237. The molecule has 4 nitrogen and oxygen atoms in total. The van der Waals surface area contributed by atoms with Gasteiger partial charge >= 0.3 is 0 Å². The van der Waals surface area contributed by atoms with Crippen molar-refractivity contribution in [1.82, 2.24) is 19.9 Å². The lowest BCUT2D eigenvalue weighted by atomic mass is 10.0. The van der Waals surface area contributed by atoms with Crippen LogP contribution in [-0.2, 0) is 0 Å². The molecular weight excluding hydrogens is 440 g/mol. The van der Waals surface area contributed by atoms with Gasteiger partial charge in [-0.15, -0.1) is 0 Å². The van der Waals surface area contributed by atoms with Gasteiger partial charge in [-0.3, -0.25) is 0 Å². The molecule has 0 atom stereocenters. The van der Waals surface area contributed by atoms with Crippen LogP contribution in [0, 0.1) is 27.7 Å². The van der Waals surface area contributed by atoms with E-state index in [0.717, 1.165) is 67.1 Å². The summed E-state index contributed by atoms with van der Waals surface area (Å²) < 4.78 is 0. The van der Waals surface area contributed by atoms with Crippen molar-refractivity contribution >= 4 is 22.1 Å². The lowest BCUT2D eigenvalue weighted by Gasteiger charge is -1.98. The predicted octanol–water partition coefficient (Wildman–Crippen LogP) is 8.22. The summed E-state index contributed by atoms with van der Waals surface area (Å²) in [6.07, 6.45) is 0. The molecule has 4 heteroatoms. The summed E-state index contributed by atoms with van der Waals surface area (Å²) in [6.45, 7) is 8.68. The minimum absolute atomic E-state index is 0.978. The third-order valence-corrected chi connectivity index (χ3v) is 7.84. The van der Waals surface area contributed by atoms with Gasteiger partial charge in [0.15, 0.2) is 0 Å². The number of hydrogen-bond donors (Lipinski definition) is 2. The minimum atomic E-state index is 0.978. The number of aryl methyl sites for hydroxylation is 4. The molecule has 2 aliphatic heterocycles. The topological polar surface area (TPSA) is 57.4 Å². The molecule has 0 amide bonds. The van der Waals surface area contributed by atoms with Crippen molar-refractivity contribution < 1.29 is 0 Å². The van der Waals surface area contributed by atoms with Crippen LogP contribution in [0.3, 0.4) is 0 Å². The molecule has 0 unspecified atom stereocenters. The van der Waals surface area contributed by atoms with Crippen LogP contribution in [0.25, 0.3) is 67.1 Å². The first kappa shape index (κ1) is 20.9. The molecule has 5 aromatic rings. The molecule has 0 saturated carbocycles. The number of aromatic nitrogens is 4. The van der Waals surface area contributed by atoms with Crippen LogP contribution in [0.4, 0.5) is 0 Å². The highest BCUT2D eigenvalue weighted by atomic mass is 14.8. The van der Waals surface area contributed by atoms with Crippen molar-refractivity contribution in [2.75, 3.05) is 0 Å². The van der Waals surface area contributed by atoms with Gasteiger partial charge in [-0.1, -0.05) is 48.5 Å². The van der Waals surface area contributed by atoms with Crippen molar-refractivity contribution in [3.8, 4) is 45.0 Å². The molecule has 2 aliphatic rings. The van der Waals surface area contributed by atoms with Crippen molar-refractivity contribution in [3.05, 3.63) is 95.1 Å². The fourth-order valence-corrected chi connectivity index (χ4v) is 5.40. The molecule has 0 spiro atoms. The van der Waals surface area contributed by atoms with E-state index in [1.54, 1.807) is 0 Å². The Morgan fingerprint density at radius 2 is 0.667 bits per heavy atom. The predicted molar refractivity (Wildman–Crippen MR) is 149 cm³/mol. The van der Waals surface area contributed by atoms with Crippen LogP contribution in [-0.4, -0.2) is 19.9 Å². The van der Waals surface area contributed by atoms with Crippen LogP contribution in [0.15, 0.2) is 72.8 Å². The zero-order valence-corrected chi connectivity index (χ0v) is 20.8. The van der Waals surface area contributed by atoms with Gasteiger partial charge in [0, 0.05) is 44.3 Å². The maximum atomic E-state index is 5.10. The van der Waals surface area contributed by atoms with Crippen LogP contribution < -0.4 is 0 Å². The molecule has 8 bridgehead atoms. The molecular formula is C32H26N4. The summed E-state index contributed by atoms with van der Waals surface area (Å²) in [5, 5.41) is 0. The highest BCUT2D eigenvalue weighted by molar-refractivity contribution is 5.91. The monoisotopic (exact) mass is 466 g/mol. The summed E-state index contributed by atoms with van der Waals surface area (Å²) in [4.78, 5) is 17.5. The third kappa shape index (κ3) is 3.01. The highest BCUT2D eigenvalue weighted by Gasteiger charge is 2.19. The Hall–Kier alpha value is -4.44. The molecule has 7 rings (SSSR count). The third-order valence-electron chi connectivity index (χ3n) is 7.84. The fourth-order valence-electron chi connectivity index (χ4n) is 5.40. The van der Waals surface area contributed by atoms with Gasteiger partial charge in [0.05, 0.1) is 22.8 Å². The highest BCUT2D eigenvalue weighted by Crippen LogP contribution is 2.39. The Morgan fingerprint density at radius 3 is 0.917 bits per heavy atom. The van der Waals surface area contributed by atoms with Gasteiger partial charge in [0.1, 0.15) is 0 Å². The number of fused-ring (bicyclic) bond motifs is 14. The maximum absolute atomic E-state index is 5.10. The maximum Gasteiger partial charge on any atom is 0.0737 e. The number of nitrogens with one attached hydrogen (secondary N) is 2. The Bertz CT molecular complexity index is 1620. The van der Waals surface area contributed by atoms with Crippen LogP contribution in [0.2, 0.25) is 0 Å². The van der Waals surface area contributed by atoms with Gasteiger partial charge in [0.2, 0.25) is 0 Å². The number of H-pyrrole nitrogens is 2. The molecule has 2 aromatic carbocycles. The second kappa shape index (κ2) is 7.53. The van der Waals surface area contributed by atoms with E-state index in [9.17, 15) is 0 Å². The van der Waals surface area contributed by atoms with Crippen LogP contribution in [0.1, 0.15) is 22.3 Å². The van der Waals surface area contributed by atoms with Crippen LogP contribution in [0.5, 0.6) is 0 Å². The van der Waals surface area contributed by atoms with E-state index in [1.165, 1.54) is 22.3 Å². The van der Waals surface area contributed by atoms with Crippen molar-refractivity contribution in [2.24, 2.45) is 0 Å². The largest absolute Gasteiger partial charge is 0.355 e. The standard InChI is InChI=1S/C32H26N4/c1-17-18(2)26-14-30-23-11-7-8-12-24(23)32(36-30)16-28-20(4)19(3)27(34-28)15-31-22-10-6-5-9-21(22)29(35-31)13-25(17)33-26/h5-16,33-34H,1-4H3. The average Bonchev–Trinajstić information content (AvgIpc) is 3.57. The van der Waals surface area contributed by atoms with Crippen molar-refractivity contribution in [1.29, 1.82) is 0 Å². The first-order valence-corrected chi connectivity index (χ1v) is 12.4. The second-order valence-corrected chi connectivity index (χ2v) is 9.84. The van der Waals surface area contributed by atoms with Gasteiger partial charge < -0.3 is 9.97 Å². The molecule has 0 aliphatic carbocycles. The van der Waals surface area contributed by atoms with E-state index in [1.807, 2.05) is 0 Å². The van der Waals surface area contributed by atoms with E-state index in [0.29, 0.717) is 0 Å². The lowest BCUT2D eigenvalue weighted by molar-refractivity contribution is 1.39. The molecule has 2 N–H and O–H groups in total. The zero-order valence-electron chi connectivity index (χ0n) is 20.8. The Morgan fingerprint density at radius 1 is 0.417 bits per heavy atom. The zero-order chi connectivity index (χ0) is 24.6. The Kier molecular flexibility index (Phi) is 4.37. The van der Waals surface area contributed by atoms with E-state index in [-0.39, 0.29) is 0 Å². The Labute approximate surface area is 209 Å². The van der Waals surface area contributed by atoms with E-state index < -0.39 is 0 Å². The summed E-state index contributed by atoms with van der Waals surface area (Å²) in [6, 6.07) is 25.7. The molecule has 174 valence electrons. The normalized spacial score (nSPS) is 11.9. The van der Waals surface area contributed by atoms with Gasteiger partial charge in [-0.2, -0.15) is 0 Å². The number of nitrogens with zero attached hydrogens (tertiary/aromatic N) is 2. The summed E-state index contributed by atoms with van der Waals surface area (Å²) >= 11 is 0. The van der Waals surface area contributed by atoms with Crippen molar-refractivity contribution in [2.45, 2.75) is 27.7 Å². The lowest BCUT2D eigenvalue weighted by Crippen LogP contribution is -1.76. The molecule has 0 fully saturated rings. The summed E-state index contributed by atoms with van der Waals surface area (Å²) in [5.41, 5.74) is 17.8. The van der Waals surface area contributed by atoms with E-state index in [2.05, 4.69) is 110 Å². The van der Waals surface area contributed by atoms with Crippen molar-refractivity contribution in [3.63, 3.8) is 0 Å². The second-order valence-electron chi connectivity index (χ2n) is 9.84. The summed E-state index contributed by atoms with van der Waals surface area (Å²) in [5.74, 6) is 0. The number of benzene rings is 2. The minimum Gasteiger partial charge on any atom is -0.355 e. The first-order valence-electron chi connectivity index (χ1n) is 12.4. The molecule has 36 heavy (non-hydrogen) atoms. The van der Waals surface area contributed by atoms with Gasteiger partial charge in [-0.25, -0.2) is 9.97 Å². The number of aromatic amines is 2. The van der Waals surface area contributed by atoms with E-state index in [4.69, 9.17) is 9.97 Å². The van der Waals surface area contributed by atoms with Gasteiger partial charge in [-0.05, 0) is 74.2 Å². The smallest absolute Gasteiger partial charge is 0.0737 e. The number of hydrogen-bond acceptors (Lipinski definition) is 2. The number of rotatable bonds is 0. The first-order chi connectivity index (χ1) is 17.5. The Balaban J connectivity index is 1.67. The SMILES string of the molecule is Cc1c(C)c2cc3nc(cc4[nH]c(cc5nc(cc1[nH]2)-c1ccccc1-5)c(C)c4C)-c1ccccc1-3. The van der Waals surface area contributed by atoms with Crippen LogP contribution >= 0.6 is 0 Å². The van der Waals surface area contributed by atoms with E-state index >= 15 is 0 Å². The molecule has 3 aromatic heterocycles. The average molecular weight is 467 g/mol. The molecule has 5 heterocycles. The van der Waals surface area contributed by atoms with Gasteiger partial charge in [0.25, 0.3) is 0 Å². The summed E-state index contributed by atoms with van der Waals surface area (Å²) in [7, 11) is 0. The molecule has 0 saturated heterocycles.